The lowest BCUT2D eigenvalue weighted by Gasteiger charge is -2.19. The highest BCUT2D eigenvalue weighted by atomic mass is 35.5. The van der Waals surface area contributed by atoms with Gasteiger partial charge in [0.05, 0.1) is 18.1 Å². The number of hydrogen-bond donors (Lipinski definition) is 0. The Balaban J connectivity index is 2.26. The maximum absolute atomic E-state index is 13.9. The molecule has 0 saturated heterocycles. The number of halogens is 1. The topological polar surface area (TPSA) is 60.4 Å². The molecule has 0 aliphatic heterocycles. The lowest BCUT2D eigenvalue weighted by Crippen LogP contribution is -2.19. The van der Waals surface area contributed by atoms with E-state index in [2.05, 4.69) is 6.92 Å². The van der Waals surface area contributed by atoms with Gasteiger partial charge in [0.1, 0.15) is 0 Å². The predicted octanol–water partition coefficient (Wildman–Crippen LogP) is 5.60. The smallest absolute Gasteiger partial charge is 0.306 e. The molecule has 0 radical (unpaired) electrons. The Morgan fingerprint density at radius 3 is 2.39 bits per heavy atom. The number of unbranched alkanes of at least 4 members (excludes halogenated alkanes) is 2. The van der Waals surface area contributed by atoms with E-state index < -0.39 is 18.6 Å². The van der Waals surface area contributed by atoms with Crippen LogP contribution in [0.2, 0.25) is 5.02 Å². The number of benzene rings is 2. The molecule has 0 saturated carbocycles. The van der Waals surface area contributed by atoms with Crippen LogP contribution in [-0.4, -0.2) is 24.3 Å². The molecule has 0 amide bonds. The lowest BCUT2D eigenvalue weighted by atomic mass is 10.1. The third-order valence-corrected chi connectivity index (χ3v) is 7.76. The van der Waals surface area contributed by atoms with Gasteiger partial charge in [-0.05, 0) is 25.0 Å². The number of hydrogen-bond acceptors (Lipinski definition) is 4. The number of esters is 1. The monoisotopic (exact) mass is 420 g/mol. The van der Waals surface area contributed by atoms with Crippen molar-refractivity contribution >= 4 is 35.5 Å². The van der Waals surface area contributed by atoms with Crippen molar-refractivity contribution < 1.29 is 18.9 Å². The molecule has 4 nitrogen and oxygen atoms in total. The van der Waals surface area contributed by atoms with Crippen molar-refractivity contribution in [2.45, 2.75) is 39.5 Å². The summed E-state index contributed by atoms with van der Waals surface area (Å²) in [6, 6.07) is 13.7. The quantitative estimate of drug-likeness (QED) is 0.285. The Morgan fingerprint density at radius 2 is 1.75 bits per heavy atom. The van der Waals surface area contributed by atoms with Crippen molar-refractivity contribution in [3.63, 3.8) is 0 Å². The fourth-order valence-electron chi connectivity index (χ4n) is 2.96. The van der Waals surface area contributed by atoms with Crippen LogP contribution in [0.25, 0.3) is 0 Å². The Labute approximate surface area is 171 Å². The van der Waals surface area contributed by atoms with Crippen LogP contribution < -0.4 is 5.30 Å². The SMILES string of the molecule is CCCCCOC(=O)CCP(=O)(C(=O)c1c(C)cccc1Cl)c1ccccc1. The predicted molar refractivity (Wildman–Crippen MR) is 114 cm³/mol. The van der Waals surface area contributed by atoms with Gasteiger partial charge in [-0.2, -0.15) is 0 Å². The molecule has 0 fully saturated rings. The molecular weight excluding hydrogens is 395 g/mol. The van der Waals surface area contributed by atoms with E-state index in [9.17, 15) is 14.2 Å². The first-order valence-corrected chi connectivity index (χ1v) is 11.8. The normalized spacial score (nSPS) is 13.0. The molecule has 0 N–H and O–H groups in total. The summed E-state index contributed by atoms with van der Waals surface area (Å²) >= 11 is 6.25. The van der Waals surface area contributed by atoms with Crippen LogP contribution in [0.3, 0.4) is 0 Å². The second kappa shape index (κ2) is 10.6. The summed E-state index contributed by atoms with van der Waals surface area (Å²) in [7, 11) is -3.56. The van der Waals surface area contributed by atoms with Crippen molar-refractivity contribution in [3.05, 3.63) is 64.7 Å². The van der Waals surface area contributed by atoms with E-state index in [0.717, 1.165) is 19.3 Å². The van der Waals surface area contributed by atoms with Gasteiger partial charge in [-0.3, -0.25) is 9.59 Å². The van der Waals surface area contributed by atoms with Gasteiger partial charge in [0.2, 0.25) is 5.52 Å². The van der Waals surface area contributed by atoms with Crippen molar-refractivity contribution in [1.82, 2.24) is 0 Å². The molecule has 1 unspecified atom stereocenters. The maximum atomic E-state index is 13.9. The Bertz CT molecular complexity index is 844. The highest BCUT2D eigenvalue weighted by Gasteiger charge is 2.36. The molecule has 1 atom stereocenters. The van der Waals surface area contributed by atoms with E-state index in [1.165, 1.54) is 0 Å². The van der Waals surface area contributed by atoms with Crippen LogP contribution in [0, 0.1) is 6.92 Å². The van der Waals surface area contributed by atoms with Crippen LogP contribution in [-0.2, 0) is 14.1 Å². The van der Waals surface area contributed by atoms with E-state index in [4.69, 9.17) is 16.3 Å². The highest BCUT2D eigenvalue weighted by Crippen LogP contribution is 2.50. The van der Waals surface area contributed by atoms with E-state index in [1.54, 1.807) is 55.5 Å². The largest absolute Gasteiger partial charge is 0.466 e. The standard InChI is InChI=1S/C22H26ClO4P/c1-3-4-8-15-27-20(24)14-16-28(26,18-11-6-5-7-12-18)22(25)21-17(2)10-9-13-19(21)23/h5-7,9-13H,3-4,8,14-16H2,1-2H3. The molecule has 150 valence electrons. The number of aryl methyl sites for hydroxylation is 1. The number of carbonyl (C=O) groups excluding carboxylic acids is 2. The van der Waals surface area contributed by atoms with Crippen LogP contribution in [0.15, 0.2) is 48.5 Å². The average Bonchev–Trinajstić information content (AvgIpc) is 2.70. The van der Waals surface area contributed by atoms with Gasteiger partial charge in [-0.25, -0.2) is 0 Å². The maximum Gasteiger partial charge on any atom is 0.306 e. The first kappa shape index (κ1) is 22.4. The van der Waals surface area contributed by atoms with Gasteiger partial charge in [0, 0.05) is 17.0 Å². The van der Waals surface area contributed by atoms with Gasteiger partial charge in [-0.1, -0.05) is 73.8 Å². The number of carbonyl (C=O) groups is 2. The van der Waals surface area contributed by atoms with E-state index in [1.807, 2.05) is 0 Å². The first-order chi connectivity index (χ1) is 13.4. The minimum absolute atomic E-state index is 0.0759. The van der Waals surface area contributed by atoms with Gasteiger partial charge >= 0.3 is 5.97 Å². The van der Waals surface area contributed by atoms with Gasteiger partial charge in [-0.15, -0.1) is 0 Å². The average molecular weight is 421 g/mol. The third-order valence-electron chi connectivity index (χ3n) is 4.58. The van der Waals surface area contributed by atoms with Crippen LogP contribution in [0.5, 0.6) is 0 Å². The Morgan fingerprint density at radius 1 is 1.04 bits per heavy atom. The zero-order valence-corrected chi connectivity index (χ0v) is 18.0. The molecule has 6 heteroatoms. The summed E-state index contributed by atoms with van der Waals surface area (Å²) in [5, 5.41) is 0.696. The van der Waals surface area contributed by atoms with Gasteiger partial charge < -0.3 is 9.30 Å². The molecule has 2 aromatic rings. The summed E-state index contributed by atoms with van der Waals surface area (Å²) in [5.74, 6) is -0.434. The molecule has 0 aromatic heterocycles. The molecule has 0 aliphatic rings. The number of ether oxygens (including phenoxy) is 1. The van der Waals surface area contributed by atoms with Crippen LogP contribution in [0.1, 0.15) is 48.5 Å². The van der Waals surface area contributed by atoms with Crippen LogP contribution >= 0.6 is 18.7 Å². The second-order valence-electron chi connectivity index (χ2n) is 6.71. The van der Waals surface area contributed by atoms with Crippen molar-refractivity contribution in [2.75, 3.05) is 12.8 Å². The highest BCUT2D eigenvalue weighted by molar-refractivity contribution is 7.87. The zero-order valence-electron chi connectivity index (χ0n) is 16.3. The lowest BCUT2D eigenvalue weighted by molar-refractivity contribution is -0.143. The third kappa shape index (κ3) is 5.56. The molecular formula is C22H26ClO4P. The molecule has 2 aromatic carbocycles. The summed E-state index contributed by atoms with van der Waals surface area (Å²) < 4.78 is 19.1. The molecule has 0 bridgehead atoms. The van der Waals surface area contributed by atoms with E-state index in [0.29, 0.717) is 17.5 Å². The van der Waals surface area contributed by atoms with E-state index >= 15 is 0 Å². The van der Waals surface area contributed by atoms with Gasteiger partial charge in [0.15, 0.2) is 7.14 Å². The van der Waals surface area contributed by atoms with Crippen molar-refractivity contribution in [2.24, 2.45) is 0 Å². The zero-order chi connectivity index (χ0) is 20.6. The Kier molecular flexibility index (Phi) is 8.47. The minimum atomic E-state index is -3.56. The fraction of sp³-hybridized carbons (Fsp3) is 0.364. The first-order valence-electron chi connectivity index (χ1n) is 9.50. The minimum Gasteiger partial charge on any atom is -0.466 e. The molecule has 0 heterocycles. The summed E-state index contributed by atoms with van der Waals surface area (Å²) in [4.78, 5) is 25.4. The summed E-state index contributed by atoms with van der Waals surface area (Å²) in [6.45, 7) is 4.18. The van der Waals surface area contributed by atoms with Gasteiger partial charge in [0.25, 0.3) is 0 Å². The van der Waals surface area contributed by atoms with Crippen molar-refractivity contribution in [1.29, 1.82) is 0 Å². The molecule has 0 aliphatic carbocycles. The molecule has 28 heavy (non-hydrogen) atoms. The van der Waals surface area contributed by atoms with E-state index in [-0.39, 0.29) is 23.2 Å². The second-order valence-corrected chi connectivity index (χ2v) is 9.97. The Hall–Kier alpha value is -1.90. The number of rotatable bonds is 10. The molecule has 0 spiro atoms. The fourth-order valence-corrected chi connectivity index (χ4v) is 5.84. The van der Waals surface area contributed by atoms with Crippen LogP contribution in [0.4, 0.5) is 0 Å². The summed E-state index contributed by atoms with van der Waals surface area (Å²) in [6.07, 6.45) is 2.67. The van der Waals surface area contributed by atoms with Crippen molar-refractivity contribution in [3.8, 4) is 0 Å². The summed E-state index contributed by atoms with van der Waals surface area (Å²) in [5.41, 5.74) is 0.407. The molecule has 2 rings (SSSR count).